The topological polar surface area (TPSA) is 26.0 Å². The third-order valence-electron chi connectivity index (χ3n) is 7.49. The fourth-order valence-corrected chi connectivity index (χ4v) is 7.24. The number of furan rings is 1. The van der Waals surface area contributed by atoms with Crippen molar-refractivity contribution in [2.45, 2.75) is 39.0 Å². The van der Waals surface area contributed by atoms with E-state index >= 15 is 0 Å². The highest BCUT2D eigenvalue weighted by Gasteiger charge is 2.41. The van der Waals surface area contributed by atoms with E-state index < -0.39 is 0 Å². The standard InChI is InChI=1S/C31H25NOS/c1-17(2)18-12-13-25-23(16-18)27-30(34-25)22-10-7-9-21(26(22)31(27,3)4)28-29-20(14-15-32-28)19-8-5-6-11-24(19)33-29/h5-17H,1-4H3. The summed E-state index contributed by atoms with van der Waals surface area (Å²) < 4.78 is 7.75. The van der Waals surface area contributed by atoms with E-state index in [1.807, 2.05) is 29.7 Å². The molecule has 3 heterocycles. The van der Waals surface area contributed by atoms with Crippen molar-refractivity contribution in [3.63, 3.8) is 0 Å². The van der Waals surface area contributed by atoms with Gasteiger partial charge in [-0.15, -0.1) is 11.3 Å². The van der Waals surface area contributed by atoms with E-state index in [0.29, 0.717) is 5.92 Å². The molecule has 0 radical (unpaired) electrons. The van der Waals surface area contributed by atoms with E-state index in [1.165, 1.54) is 42.8 Å². The summed E-state index contributed by atoms with van der Waals surface area (Å²) in [6.07, 6.45) is 1.92. The first kappa shape index (κ1) is 20.0. The average Bonchev–Trinajstić information content (AvgIpc) is 3.47. The van der Waals surface area contributed by atoms with Gasteiger partial charge >= 0.3 is 0 Å². The molecule has 0 N–H and O–H groups in total. The van der Waals surface area contributed by atoms with E-state index in [9.17, 15) is 0 Å². The van der Waals surface area contributed by atoms with Crippen molar-refractivity contribution in [2.24, 2.45) is 0 Å². The van der Waals surface area contributed by atoms with Crippen molar-refractivity contribution in [2.75, 3.05) is 0 Å². The number of para-hydroxylation sites is 1. The molecule has 0 aliphatic heterocycles. The fraction of sp³-hybridized carbons (Fsp3) is 0.194. The maximum atomic E-state index is 6.38. The van der Waals surface area contributed by atoms with Crippen molar-refractivity contribution >= 4 is 43.4 Å². The molecule has 0 atom stereocenters. The highest BCUT2D eigenvalue weighted by atomic mass is 32.1. The first-order valence-corrected chi connectivity index (χ1v) is 12.7. The van der Waals surface area contributed by atoms with Gasteiger partial charge in [0.15, 0.2) is 5.58 Å². The number of hydrogen-bond acceptors (Lipinski definition) is 3. The van der Waals surface area contributed by atoms with Crippen LogP contribution in [0.4, 0.5) is 0 Å². The van der Waals surface area contributed by atoms with Gasteiger partial charge in [-0.25, -0.2) is 0 Å². The molecule has 3 aromatic heterocycles. The summed E-state index contributed by atoms with van der Waals surface area (Å²) in [6, 6.07) is 24.0. The molecule has 0 spiro atoms. The minimum atomic E-state index is -0.134. The molecule has 0 bridgehead atoms. The zero-order valence-corrected chi connectivity index (χ0v) is 20.6. The van der Waals surface area contributed by atoms with Gasteiger partial charge in [-0.3, -0.25) is 4.98 Å². The van der Waals surface area contributed by atoms with Crippen molar-refractivity contribution in [3.8, 4) is 21.7 Å². The number of hydrogen-bond donors (Lipinski definition) is 0. The average molecular weight is 460 g/mol. The quantitative estimate of drug-likeness (QED) is 0.258. The monoisotopic (exact) mass is 459 g/mol. The van der Waals surface area contributed by atoms with Gasteiger partial charge in [-0.2, -0.15) is 0 Å². The number of fused-ring (bicyclic) bond motifs is 8. The summed E-state index contributed by atoms with van der Waals surface area (Å²) in [7, 11) is 0. The Morgan fingerprint density at radius 1 is 0.824 bits per heavy atom. The minimum absolute atomic E-state index is 0.134. The lowest BCUT2D eigenvalue weighted by Gasteiger charge is -2.24. The number of aromatic nitrogens is 1. The molecule has 2 nitrogen and oxygen atoms in total. The predicted octanol–water partition coefficient (Wildman–Crippen LogP) is 9.29. The minimum Gasteiger partial charge on any atom is -0.454 e. The smallest absolute Gasteiger partial charge is 0.161 e. The molecule has 6 aromatic rings. The summed E-state index contributed by atoms with van der Waals surface area (Å²) in [6.45, 7) is 9.28. The van der Waals surface area contributed by atoms with Gasteiger partial charge in [-0.05, 0) is 57.8 Å². The Morgan fingerprint density at radius 2 is 1.65 bits per heavy atom. The zero-order chi connectivity index (χ0) is 23.2. The molecule has 166 valence electrons. The summed E-state index contributed by atoms with van der Waals surface area (Å²) in [5.41, 5.74) is 9.28. The molecule has 0 saturated carbocycles. The zero-order valence-electron chi connectivity index (χ0n) is 19.8. The molecule has 0 fully saturated rings. The van der Waals surface area contributed by atoms with E-state index in [-0.39, 0.29) is 5.41 Å². The van der Waals surface area contributed by atoms with Gasteiger partial charge in [-0.1, -0.05) is 70.2 Å². The number of nitrogens with zero attached hydrogens (tertiary/aromatic N) is 1. The molecule has 0 unspecified atom stereocenters. The predicted molar refractivity (Wildman–Crippen MR) is 144 cm³/mol. The summed E-state index contributed by atoms with van der Waals surface area (Å²) in [4.78, 5) is 6.27. The van der Waals surface area contributed by atoms with Crippen molar-refractivity contribution in [3.05, 3.63) is 89.6 Å². The van der Waals surface area contributed by atoms with E-state index in [1.54, 1.807) is 0 Å². The van der Waals surface area contributed by atoms with Gasteiger partial charge in [0.25, 0.3) is 0 Å². The second kappa shape index (κ2) is 6.80. The van der Waals surface area contributed by atoms with Crippen LogP contribution in [-0.4, -0.2) is 4.98 Å². The van der Waals surface area contributed by atoms with Gasteiger partial charge in [0.05, 0.1) is 0 Å². The number of thiophene rings is 1. The lowest BCUT2D eigenvalue weighted by molar-refractivity contribution is 0.662. The highest BCUT2D eigenvalue weighted by molar-refractivity contribution is 7.22. The third kappa shape index (κ3) is 2.53. The second-order valence-corrected chi connectivity index (χ2v) is 11.3. The molecule has 0 amide bonds. The van der Waals surface area contributed by atoms with Crippen LogP contribution in [0.2, 0.25) is 0 Å². The molecule has 1 aliphatic rings. The normalized spacial score (nSPS) is 14.4. The maximum absolute atomic E-state index is 6.38. The fourth-order valence-electron chi connectivity index (χ4n) is 5.87. The summed E-state index contributed by atoms with van der Waals surface area (Å²) in [5.74, 6) is 0.511. The maximum Gasteiger partial charge on any atom is 0.161 e. The van der Waals surface area contributed by atoms with Gasteiger partial charge in [0.2, 0.25) is 0 Å². The van der Waals surface area contributed by atoms with Crippen LogP contribution in [0.5, 0.6) is 0 Å². The molecule has 7 rings (SSSR count). The Labute approximate surface area is 202 Å². The van der Waals surface area contributed by atoms with Crippen LogP contribution < -0.4 is 0 Å². The molecule has 0 saturated heterocycles. The second-order valence-electron chi connectivity index (χ2n) is 10.2. The van der Waals surface area contributed by atoms with E-state index in [2.05, 4.69) is 82.3 Å². The Hall–Kier alpha value is -3.43. The first-order chi connectivity index (χ1) is 16.4. The number of benzene rings is 3. The van der Waals surface area contributed by atoms with Crippen molar-refractivity contribution in [1.29, 1.82) is 0 Å². The van der Waals surface area contributed by atoms with Crippen LogP contribution in [0.3, 0.4) is 0 Å². The van der Waals surface area contributed by atoms with Gasteiger partial charge < -0.3 is 4.42 Å². The molecular formula is C31H25NOS. The molecule has 3 aromatic carbocycles. The highest BCUT2D eigenvalue weighted by Crippen LogP contribution is 2.58. The van der Waals surface area contributed by atoms with Crippen LogP contribution in [0, 0.1) is 0 Å². The summed E-state index contributed by atoms with van der Waals surface area (Å²) >= 11 is 1.92. The molecule has 1 aliphatic carbocycles. The lowest BCUT2D eigenvalue weighted by atomic mass is 9.78. The Balaban J connectivity index is 1.53. The lowest BCUT2D eigenvalue weighted by Crippen LogP contribution is -2.16. The molecule has 3 heteroatoms. The summed E-state index contributed by atoms with van der Waals surface area (Å²) in [5, 5.41) is 3.66. The number of rotatable bonds is 2. The Morgan fingerprint density at radius 3 is 2.50 bits per heavy atom. The third-order valence-corrected chi connectivity index (χ3v) is 8.69. The first-order valence-electron chi connectivity index (χ1n) is 11.9. The molecule has 34 heavy (non-hydrogen) atoms. The SMILES string of the molecule is CC(C)c1ccc2sc3c(c2c1)C(C)(C)c1c-3cccc1-c1nccc2c1oc1ccccc12. The van der Waals surface area contributed by atoms with Gasteiger partial charge in [0.1, 0.15) is 11.3 Å². The van der Waals surface area contributed by atoms with Gasteiger partial charge in [0, 0.05) is 37.5 Å². The van der Waals surface area contributed by atoms with Crippen LogP contribution in [0.15, 0.2) is 77.3 Å². The number of pyridine rings is 1. The largest absolute Gasteiger partial charge is 0.454 e. The van der Waals surface area contributed by atoms with Crippen LogP contribution in [0.25, 0.3) is 53.7 Å². The van der Waals surface area contributed by atoms with E-state index in [0.717, 1.165) is 27.6 Å². The molecular weight excluding hydrogens is 434 g/mol. The van der Waals surface area contributed by atoms with E-state index in [4.69, 9.17) is 9.40 Å². The van der Waals surface area contributed by atoms with Crippen LogP contribution >= 0.6 is 11.3 Å². The Kier molecular flexibility index (Phi) is 4.00. The van der Waals surface area contributed by atoms with Crippen LogP contribution in [-0.2, 0) is 5.41 Å². The van der Waals surface area contributed by atoms with Crippen molar-refractivity contribution in [1.82, 2.24) is 4.98 Å². The van der Waals surface area contributed by atoms with Crippen LogP contribution in [0.1, 0.15) is 50.3 Å². The van der Waals surface area contributed by atoms with Crippen molar-refractivity contribution < 1.29 is 4.42 Å². The Bertz CT molecular complexity index is 1770.